The van der Waals surface area contributed by atoms with Crippen molar-refractivity contribution in [1.29, 1.82) is 0 Å². The summed E-state index contributed by atoms with van der Waals surface area (Å²) in [6.07, 6.45) is 7.09. The zero-order valence-electron chi connectivity index (χ0n) is 28.8. The number of rotatable bonds is 5. The molecule has 4 aliphatic heterocycles. The first-order valence-corrected chi connectivity index (χ1v) is 17.6. The molecular formula is C43H47N3+2. The van der Waals surface area contributed by atoms with Gasteiger partial charge in [0, 0.05) is 53.6 Å². The lowest BCUT2D eigenvalue weighted by atomic mass is 9.53. The Bertz CT molecular complexity index is 2050. The van der Waals surface area contributed by atoms with E-state index in [1.54, 1.807) is 16.7 Å². The second-order valence-corrected chi connectivity index (χ2v) is 15.5. The van der Waals surface area contributed by atoms with Crippen molar-refractivity contribution in [3.05, 3.63) is 119 Å². The summed E-state index contributed by atoms with van der Waals surface area (Å²) in [5.41, 5.74) is 17.4. The minimum atomic E-state index is -0.101. The zero-order valence-corrected chi connectivity index (χ0v) is 28.8. The second kappa shape index (κ2) is 9.09. The average molecular weight is 606 g/mol. The summed E-state index contributed by atoms with van der Waals surface area (Å²) in [4.78, 5) is 2.74. The number of aromatic nitrogens is 1. The van der Waals surface area contributed by atoms with Crippen molar-refractivity contribution in [2.24, 2.45) is 5.92 Å². The maximum atomic E-state index is 2.80. The Kier molecular flexibility index (Phi) is 5.58. The van der Waals surface area contributed by atoms with Crippen LogP contribution in [0.25, 0.3) is 22.4 Å². The van der Waals surface area contributed by atoms with Gasteiger partial charge in [0.15, 0.2) is 11.7 Å². The molecule has 4 aromatic rings. The Labute approximate surface area is 274 Å². The molecule has 0 bridgehead atoms. The topological polar surface area (TPSA) is 10.1 Å². The summed E-state index contributed by atoms with van der Waals surface area (Å²) in [6, 6.07) is 28.3. The molecule has 9 rings (SSSR count). The van der Waals surface area contributed by atoms with Crippen molar-refractivity contribution in [3.8, 4) is 22.4 Å². The molecular weight excluding hydrogens is 558 g/mol. The molecule has 0 fully saturated rings. The molecule has 1 aromatic heterocycles. The van der Waals surface area contributed by atoms with Gasteiger partial charge < -0.3 is 4.90 Å². The van der Waals surface area contributed by atoms with Gasteiger partial charge in [0.05, 0.1) is 22.1 Å². The first kappa shape index (κ1) is 28.3. The maximum Gasteiger partial charge on any atom is 0.219 e. The average Bonchev–Trinajstić information content (AvgIpc) is 3.65. The Balaban J connectivity index is 1.31. The van der Waals surface area contributed by atoms with Crippen LogP contribution in [0.15, 0.2) is 90.8 Å². The molecule has 5 atom stereocenters. The van der Waals surface area contributed by atoms with E-state index in [-0.39, 0.29) is 16.4 Å². The molecule has 5 heterocycles. The molecule has 0 radical (unpaired) electrons. The summed E-state index contributed by atoms with van der Waals surface area (Å²) in [5.74, 6) is 0.771. The van der Waals surface area contributed by atoms with Crippen molar-refractivity contribution in [2.75, 3.05) is 13.6 Å². The number of pyridine rings is 1. The van der Waals surface area contributed by atoms with Gasteiger partial charge in [0.2, 0.25) is 17.1 Å². The molecule has 3 aromatic carbocycles. The van der Waals surface area contributed by atoms with E-state index in [1.165, 1.54) is 50.6 Å². The minimum Gasteiger partial charge on any atom is -0.358 e. The summed E-state index contributed by atoms with van der Waals surface area (Å²) < 4.78 is 5.31. The van der Waals surface area contributed by atoms with Gasteiger partial charge in [-0.2, -0.15) is 9.14 Å². The Morgan fingerprint density at radius 3 is 2.35 bits per heavy atom. The fourth-order valence-electron chi connectivity index (χ4n) is 11.4. The number of hydrogen-bond donors (Lipinski definition) is 0. The van der Waals surface area contributed by atoms with Gasteiger partial charge in [-0.15, -0.1) is 0 Å². The SMILES string of the molecule is CCC1(C)c2cccc3c2-c2c(ccc[n+]2C1(CC)C(C)C1CN2C(C)=CC4=[N+](C)c5c(-c6ccccc6)ccc1c5C42)C3(C)C. The molecule has 0 saturated carbocycles. The highest BCUT2D eigenvalue weighted by Crippen LogP contribution is 2.62. The third-order valence-corrected chi connectivity index (χ3v) is 13.8. The van der Waals surface area contributed by atoms with Gasteiger partial charge in [-0.1, -0.05) is 89.2 Å². The Morgan fingerprint density at radius 1 is 0.870 bits per heavy atom. The lowest BCUT2D eigenvalue weighted by molar-refractivity contribution is -0.778. The molecule has 0 spiro atoms. The number of hydrogen-bond acceptors (Lipinski definition) is 1. The van der Waals surface area contributed by atoms with Crippen molar-refractivity contribution in [1.82, 2.24) is 4.90 Å². The monoisotopic (exact) mass is 605 g/mol. The van der Waals surface area contributed by atoms with Crippen molar-refractivity contribution in [3.63, 3.8) is 0 Å². The third-order valence-electron chi connectivity index (χ3n) is 13.8. The highest BCUT2D eigenvalue weighted by Gasteiger charge is 2.67. The molecule has 232 valence electrons. The highest BCUT2D eigenvalue weighted by molar-refractivity contribution is 6.04. The molecule has 3 nitrogen and oxygen atoms in total. The van der Waals surface area contributed by atoms with Gasteiger partial charge in [-0.3, -0.25) is 0 Å². The van der Waals surface area contributed by atoms with Crippen molar-refractivity contribution >= 4 is 11.4 Å². The van der Waals surface area contributed by atoms with Crippen LogP contribution in [0.1, 0.15) is 101 Å². The van der Waals surface area contributed by atoms with Crippen LogP contribution in [0.5, 0.6) is 0 Å². The van der Waals surface area contributed by atoms with E-state index >= 15 is 0 Å². The van der Waals surface area contributed by atoms with E-state index in [0.29, 0.717) is 17.9 Å². The summed E-state index contributed by atoms with van der Waals surface area (Å²) >= 11 is 0. The number of nitrogens with zero attached hydrogens (tertiary/aromatic N) is 3. The fraction of sp³-hybridized carbons (Fsp3) is 0.395. The molecule has 0 amide bonds. The van der Waals surface area contributed by atoms with Gasteiger partial charge in [0.25, 0.3) is 0 Å². The van der Waals surface area contributed by atoms with E-state index in [9.17, 15) is 0 Å². The first-order valence-electron chi connectivity index (χ1n) is 17.6. The van der Waals surface area contributed by atoms with Crippen LogP contribution in [0.3, 0.4) is 0 Å². The van der Waals surface area contributed by atoms with Crippen LogP contribution in [0, 0.1) is 5.92 Å². The third kappa shape index (κ3) is 3.02. The fourth-order valence-corrected chi connectivity index (χ4v) is 11.4. The predicted molar refractivity (Wildman–Crippen MR) is 188 cm³/mol. The number of benzene rings is 3. The van der Waals surface area contributed by atoms with Gasteiger partial charge >= 0.3 is 0 Å². The van der Waals surface area contributed by atoms with E-state index in [4.69, 9.17) is 0 Å². The number of allylic oxidation sites excluding steroid dienone is 1. The highest BCUT2D eigenvalue weighted by atomic mass is 15.2. The van der Waals surface area contributed by atoms with Gasteiger partial charge in [-0.05, 0) is 54.7 Å². The molecule has 5 unspecified atom stereocenters. The summed E-state index contributed by atoms with van der Waals surface area (Å²) in [5, 5.41) is 0. The van der Waals surface area contributed by atoms with E-state index < -0.39 is 0 Å². The van der Waals surface area contributed by atoms with Gasteiger partial charge in [0.1, 0.15) is 13.1 Å². The molecule has 46 heavy (non-hydrogen) atoms. The van der Waals surface area contributed by atoms with E-state index in [0.717, 1.165) is 19.4 Å². The van der Waals surface area contributed by atoms with Crippen molar-refractivity contribution in [2.45, 2.75) is 89.6 Å². The van der Waals surface area contributed by atoms with Crippen LogP contribution >= 0.6 is 0 Å². The maximum absolute atomic E-state index is 2.80. The molecule has 3 heteroatoms. The second-order valence-electron chi connectivity index (χ2n) is 15.5. The normalized spacial score (nSPS) is 27.9. The van der Waals surface area contributed by atoms with Crippen LogP contribution in [-0.4, -0.2) is 28.8 Å². The zero-order chi connectivity index (χ0) is 31.9. The smallest absolute Gasteiger partial charge is 0.219 e. The van der Waals surface area contributed by atoms with Crippen LogP contribution in [0.4, 0.5) is 5.69 Å². The van der Waals surface area contributed by atoms with Crippen LogP contribution in [0.2, 0.25) is 0 Å². The van der Waals surface area contributed by atoms with Crippen LogP contribution < -0.4 is 4.57 Å². The molecule has 5 aliphatic rings. The molecule has 0 saturated heterocycles. The minimum absolute atomic E-state index is 0.00811. The summed E-state index contributed by atoms with van der Waals surface area (Å²) in [6.45, 7) is 18.4. The van der Waals surface area contributed by atoms with Gasteiger partial charge in [-0.25, -0.2) is 0 Å². The Hall–Kier alpha value is -3.98. The van der Waals surface area contributed by atoms with E-state index in [2.05, 4.69) is 155 Å². The van der Waals surface area contributed by atoms with Crippen molar-refractivity contribution < 1.29 is 9.14 Å². The predicted octanol–water partition coefficient (Wildman–Crippen LogP) is 9.16. The standard InChI is InChI=1S/C43H47N3/c1-9-42(7)33-19-14-18-32-37(33)39-34(41(32,5)6)20-15-23-46(39)43(42,10-2)27(4)31-25-45-26(3)24-35-40(45)36-30(31)22-21-29(38(36)44(35)8)28-16-12-11-13-17-28/h11-24,27,31,40H,9-10,25H2,1-8H3/q+2. The Morgan fingerprint density at radius 2 is 1.61 bits per heavy atom. The molecule has 1 aliphatic carbocycles. The first-order chi connectivity index (χ1) is 22.1. The largest absolute Gasteiger partial charge is 0.358 e. The quantitative estimate of drug-likeness (QED) is 0.206. The van der Waals surface area contributed by atoms with Crippen LogP contribution in [-0.2, 0) is 16.4 Å². The lowest BCUT2D eigenvalue weighted by Gasteiger charge is -2.53. The molecule has 0 N–H and O–H groups in total. The van der Waals surface area contributed by atoms with E-state index in [1.807, 2.05) is 0 Å². The summed E-state index contributed by atoms with van der Waals surface area (Å²) in [7, 11) is 2.30. The lowest BCUT2D eigenvalue weighted by Crippen LogP contribution is -2.73.